The summed E-state index contributed by atoms with van der Waals surface area (Å²) in [5, 5.41) is 0.0801. The molecule has 2 atom stereocenters. The van der Waals surface area contributed by atoms with Gasteiger partial charge in [-0.2, -0.15) is 0 Å². The quantitative estimate of drug-likeness (QED) is 0.860. The molecule has 1 aromatic heterocycles. The van der Waals surface area contributed by atoms with Crippen LogP contribution in [-0.2, 0) is 9.16 Å². The van der Waals surface area contributed by atoms with Crippen molar-refractivity contribution in [2.75, 3.05) is 0 Å². The highest BCUT2D eigenvalue weighted by molar-refractivity contribution is 6.74. The van der Waals surface area contributed by atoms with Crippen LogP contribution in [0.3, 0.4) is 0 Å². The molecule has 0 saturated carbocycles. The van der Waals surface area contributed by atoms with Gasteiger partial charge in [-0.05, 0) is 25.1 Å². The van der Waals surface area contributed by atoms with Crippen molar-refractivity contribution in [3.05, 3.63) is 44.9 Å². The zero-order valence-electron chi connectivity index (χ0n) is 14.7. The maximum Gasteiger partial charge on any atom is 0.331 e. The first-order valence-corrected chi connectivity index (χ1v) is 10.7. The fourth-order valence-electron chi connectivity index (χ4n) is 2.23. The number of hydrogen-bond donors (Lipinski definition) is 1. The molecule has 1 N–H and O–H groups in total. The molecule has 2 heterocycles. The lowest BCUT2D eigenvalue weighted by Gasteiger charge is -2.38. The molecule has 1 aliphatic heterocycles. The van der Waals surface area contributed by atoms with E-state index in [1.165, 1.54) is 10.8 Å². The molecule has 7 heteroatoms. The van der Waals surface area contributed by atoms with Gasteiger partial charge in [0.15, 0.2) is 14.5 Å². The van der Waals surface area contributed by atoms with Gasteiger partial charge in [-0.3, -0.25) is 14.3 Å². The topological polar surface area (TPSA) is 73.3 Å². The van der Waals surface area contributed by atoms with Gasteiger partial charge in [0.05, 0.1) is 0 Å². The number of rotatable bonds is 3. The van der Waals surface area contributed by atoms with Crippen LogP contribution >= 0.6 is 0 Å². The van der Waals surface area contributed by atoms with E-state index in [-0.39, 0.29) is 16.7 Å². The summed E-state index contributed by atoms with van der Waals surface area (Å²) >= 11 is 0. The normalized spacial score (nSPS) is 22.3. The zero-order chi connectivity index (χ0) is 17.6. The smallest absolute Gasteiger partial charge is 0.331 e. The summed E-state index contributed by atoms with van der Waals surface area (Å²) in [4.78, 5) is 25.8. The van der Waals surface area contributed by atoms with E-state index in [9.17, 15) is 9.59 Å². The molecule has 0 bridgehead atoms. The number of ether oxygens (including phenoxy) is 1. The van der Waals surface area contributed by atoms with E-state index in [0.717, 1.165) is 0 Å². The lowest BCUT2D eigenvalue weighted by Crippen LogP contribution is -2.43. The zero-order valence-corrected chi connectivity index (χ0v) is 15.7. The number of aromatic amines is 1. The van der Waals surface area contributed by atoms with Crippen molar-refractivity contribution < 1.29 is 9.16 Å². The molecule has 0 amide bonds. The minimum Gasteiger partial charge on any atom is -0.472 e. The molecule has 1 saturated heterocycles. The van der Waals surface area contributed by atoms with Crippen LogP contribution in [0.2, 0.25) is 18.1 Å². The van der Waals surface area contributed by atoms with Crippen LogP contribution in [0.5, 0.6) is 0 Å². The summed E-state index contributed by atoms with van der Waals surface area (Å²) < 4.78 is 13.5. The van der Waals surface area contributed by atoms with Gasteiger partial charge >= 0.3 is 5.69 Å². The third kappa shape index (κ3) is 3.50. The van der Waals surface area contributed by atoms with Crippen molar-refractivity contribution in [1.29, 1.82) is 0 Å². The molecule has 0 radical (unpaired) electrons. The Morgan fingerprint density at radius 2 is 2.00 bits per heavy atom. The first-order valence-electron chi connectivity index (χ1n) is 7.78. The number of nitrogens with zero attached hydrogens (tertiary/aromatic N) is 1. The van der Waals surface area contributed by atoms with E-state index in [4.69, 9.17) is 9.16 Å². The van der Waals surface area contributed by atoms with Crippen molar-refractivity contribution in [3.8, 4) is 0 Å². The van der Waals surface area contributed by atoms with Crippen molar-refractivity contribution in [1.82, 2.24) is 9.55 Å². The van der Waals surface area contributed by atoms with E-state index in [0.29, 0.717) is 17.7 Å². The standard InChI is InChI=1S/C16H26N2O4Si/c1-10-9-18(15(20)17-14(10)19)13-8-12(11(2)21-13)22-23(6,7)16(3,4)5/h9,12-13H,2,8H2,1,3-7H3,(H,17,19,20)/t12?,13-/m1/s1. The molecule has 1 unspecified atom stereocenters. The van der Waals surface area contributed by atoms with Crippen LogP contribution in [0.25, 0.3) is 0 Å². The lowest BCUT2D eigenvalue weighted by molar-refractivity contribution is 0.0933. The Morgan fingerprint density at radius 3 is 2.57 bits per heavy atom. The molecule has 128 valence electrons. The van der Waals surface area contributed by atoms with E-state index in [1.807, 2.05) is 0 Å². The summed E-state index contributed by atoms with van der Waals surface area (Å²) in [6, 6.07) is 0. The summed E-state index contributed by atoms with van der Waals surface area (Å²) in [6.07, 6.45) is 1.30. The Balaban J connectivity index is 2.23. The van der Waals surface area contributed by atoms with Crippen LogP contribution in [0.4, 0.5) is 0 Å². The highest BCUT2D eigenvalue weighted by atomic mass is 28.4. The van der Waals surface area contributed by atoms with E-state index in [1.54, 1.807) is 6.92 Å². The highest BCUT2D eigenvalue weighted by Crippen LogP contribution is 2.41. The maximum absolute atomic E-state index is 12.0. The van der Waals surface area contributed by atoms with Crippen LogP contribution < -0.4 is 11.2 Å². The number of aryl methyl sites for hydroxylation is 1. The number of aromatic nitrogens is 2. The van der Waals surface area contributed by atoms with E-state index in [2.05, 4.69) is 45.4 Å². The first kappa shape index (κ1) is 17.7. The van der Waals surface area contributed by atoms with E-state index >= 15 is 0 Å². The van der Waals surface area contributed by atoms with Crippen molar-refractivity contribution >= 4 is 8.32 Å². The van der Waals surface area contributed by atoms with Crippen molar-refractivity contribution in [3.63, 3.8) is 0 Å². The third-order valence-corrected chi connectivity index (χ3v) is 9.25. The largest absolute Gasteiger partial charge is 0.472 e. The molecular weight excluding hydrogens is 312 g/mol. The molecule has 0 spiro atoms. The van der Waals surface area contributed by atoms with Crippen LogP contribution in [0.1, 0.15) is 39.0 Å². The van der Waals surface area contributed by atoms with Gasteiger partial charge in [-0.1, -0.05) is 27.4 Å². The first-order chi connectivity index (χ1) is 10.4. The Labute approximate surface area is 137 Å². The predicted molar refractivity (Wildman–Crippen MR) is 92.0 cm³/mol. The second-order valence-electron chi connectivity index (χ2n) is 7.62. The fraction of sp³-hybridized carbons (Fsp3) is 0.625. The summed E-state index contributed by atoms with van der Waals surface area (Å²) in [6.45, 7) is 16.4. The average Bonchev–Trinajstić information content (AvgIpc) is 2.73. The van der Waals surface area contributed by atoms with Gasteiger partial charge in [0.25, 0.3) is 5.56 Å². The second kappa shape index (κ2) is 5.79. The van der Waals surface area contributed by atoms with E-state index < -0.39 is 20.2 Å². The number of nitrogens with one attached hydrogen (secondary N) is 1. The Bertz CT molecular complexity index is 727. The molecule has 2 rings (SSSR count). The van der Waals surface area contributed by atoms with Crippen molar-refractivity contribution in [2.24, 2.45) is 0 Å². The number of H-pyrrole nitrogens is 1. The minimum absolute atomic E-state index is 0.0801. The Morgan fingerprint density at radius 1 is 1.39 bits per heavy atom. The minimum atomic E-state index is -1.96. The molecule has 1 fully saturated rings. The van der Waals surface area contributed by atoms with Gasteiger partial charge in [-0.25, -0.2) is 4.79 Å². The van der Waals surface area contributed by atoms with Gasteiger partial charge in [-0.15, -0.1) is 0 Å². The Hall–Kier alpha value is -1.60. The molecular formula is C16H26N2O4Si. The SMILES string of the molecule is C=C1O[C@@H](n2cc(C)c(=O)[nH]c2=O)CC1O[Si](C)(C)C(C)(C)C. The van der Waals surface area contributed by atoms with Gasteiger partial charge in [0.1, 0.15) is 11.9 Å². The number of hydrogen-bond acceptors (Lipinski definition) is 4. The highest BCUT2D eigenvalue weighted by Gasteiger charge is 2.43. The average molecular weight is 338 g/mol. The van der Waals surface area contributed by atoms with Crippen molar-refractivity contribution in [2.45, 2.75) is 64.6 Å². The van der Waals surface area contributed by atoms with Crippen LogP contribution in [0, 0.1) is 6.92 Å². The van der Waals surface area contributed by atoms with Crippen LogP contribution in [0.15, 0.2) is 28.1 Å². The molecule has 23 heavy (non-hydrogen) atoms. The van der Waals surface area contributed by atoms with Gasteiger partial charge in [0, 0.05) is 18.2 Å². The second-order valence-corrected chi connectivity index (χ2v) is 12.4. The lowest BCUT2D eigenvalue weighted by atomic mass is 10.2. The molecule has 6 nitrogen and oxygen atoms in total. The van der Waals surface area contributed by atoms with Gasteiger partial charge < -0.3 is 9.16 Å². The fourth-order valence-corrected chi connectivity index (χ4v) is 3.52. The molecule has 1 aromatic rings. The third-order valence-electron chi connectivity index (χ3n) is 4.76. The van der Waals surface area contributed by atoms with Gasteiger partial charge in [0.2, 0.25) is 0 Å². The Kier molecular flexibility index (Phi) is 4.47. The summed E-state index contributed by atoms with van der Waals surface area (Å²) in [5.41, 5.74) is -0.392. The summed E-state index contributed by atoms with van der Waals surface area (Å²) in [7, 11) is -1.96. The monoisotopic (exact) mass is 338 g/mol. The molecule has 1 aliphatic rings. The maximum atomic E-state index is 12.0. The summed E-state index contributed by atoms with van der Waals surface area (Å²) in [5.74, 6) is 0.538. The molecule has 0 aromatic carbocycles. The predicted octanol–water partition coefficient (Wildman–Crippen LogP) is 2.67. The molecule has 0 aliphatic carbocycles. The van der Waals surface area contributed by atoms with Crippen LogP contribution in [-0.4, -0.2) is 24.0 Å².